The third-order valence-corrected chi connectivity index (χ3v) is 2.07. The second-order valence-corrected chi connectivity index (χ2v) is 3.60. The Morgan fingerprint density at radius 2 is 1.87 bits per heavy atom. The van der Waals surface area contributed by atoms with Crippen molar-refractivity contribution in [3.63, 3.8) is 0 Å². The van der Waals surface area contributed by atoms with Crippen LogP contribution in [0.15, 0.2) is 16.6 Å². The minimum atomic E-state index is -0.988. The second-order valence-electron chi connectivity index (χ2n) is 2.69. The number of nitrogens with one attached hydrogen (secondary N) is 1. The molecule has 0 atom stereocenters. The van der Waals surface area contributed by atoms with Gasteiger partial charge >= 0.3 is 0 Å². The van der Waals surface area contributed by atoms with E-state index in [1.807, 2.05) is 5.32 Å². The van der Waals surface area contributed by atoms with Crippen molar-refractivity contribution in [2.24, 2.45) is 0 Å². The van der Waals surface area contributed by atoms with E-state index in [9.17, 15) is 18.0 Å². The molecular formula is C9H7BrF3NO. The molecule has 1 amide bonds. The summed E-state index contributed by atoms with van der Waals surface area (Å²) in [5.41, 5.74) is -0.702. The molecule has 0 bridgehead atoms. The van der Waals surface area contributed by atoms with Gasteiger partial charge < -0.3 is 5.32 Å². The fourth-order valence-corrected chi connectivity index (χ4v) is 1.41. The van der Waals surface area contributed by atoms with Gasteiger partial charge in [-0.25, -0.2) is 13.2 Å². The van der Waals surface area contributed by atoms with E-state index in [-0.39, 0.29) is 11.0 Å². The van der Waals surface area contributed by atoms with Crippen LogP contribution in [0.4, 0.5) is 13.2 Å². The Morgan fingerprint density at radius 1 is 1.33 bits per heavy atom. The Morgan fingerprint density at radius 3 is 2.33 bits per heavy atom. The molecule has 1 aromatic carbocycles. The van der Waals surface area contributed by atoms with Crippen molar-refractivity contribution in [2.75, 3.05) is 13.2 Å². The summed E-state index contributed by atoms with van der Waals surface area (Å²) in [5, 5.41) is 2.04. The van der Waals surface area contributed by atoms with Crippen LogP contribution in [0.25, 0.3) is 0 Å². The average Bonchev–Trinajstić information content (AvgIpc) is 2.12. The number of carbonyl (C=O) groups excluding carboxylic acids is 1. The van der Waals surface area contributed by atoms with Gasteiger partial charge in [0.2, 0.25) is 0 Å². The molecule has 0 aliphatic rings. The summed E-state index contributed by atoms with van der Waals surface area (Å²) < 4.78 is 38.2. The van der Waals surface area contributed by atoms with Crippen molar-refractivity contribution in [1.29, 1.82) is 0 Å². The van der Waals surface area contributed by atoms with E-state index in [4.69, 9.17) is 0 Å². The number of hydrogen-bond acceptors (Lipinski definition) is 1. The summed E-state index contributed by atoms with van der Waals surface area (Å²) in [6, 6.07) is 1.93. The van der Waals surface area contributed by atoms with Gasteiger partial charge in [-0.3, -0.25) is 4.79 Å². The van der Waals surface area contributed by atoms with Crippen LogP contribution >= 0.6 is 15.9 Å². The van der Waals surface area contributed by atoms with Crippen LogP contribution in [0, 0.1) is 11.6 Å². The van der Waals surface area contributed by atoms with Crippen LogP contribution in [0.2, 0.25) is 0 Å². The zero-order chi connectivity index (χ0) is 11.4. The number of amides is 1. The van der Waals surface area contributed by atoms with Gasteiger partial charge in [-0.1, -0.05) is 15.9 Å². The lowest BCUT2D eigenvalue weighted by atomic mass is 10.2. The third kappa shape index (κ3) is 2.95. The zero-order valence-electron chi connectivity index (χ0n) is 7.49. The normalized spacial score (nSPS) is 10.1. The minimum Gasteiger partial charge on any atom is -0.349 e. The third-order valence-electron chi connectivity index (χ3n) is 1.61. The predicted octanol–water partition coefficient (Wildman–Crippen LogP) is 2.43. The molecule has 0 aromatic heterocycles. The number of hydrogen-bond donors (Lipinski definition) is 1. The van der Waals surface area contributed by atoms with Crippen LogP contribution in [0.5, 0.6) is 0 Å². The second kappa shape index (κ2) is 5.16. The van der Waals surface area contributed by atoms with Crippen molar-refractivity contribution in [3.8, 4) is 0 Å². The maximum absolute atomic E-state index is 13.2. The number of benzene rings is 1. The van der Waals surface area contributed by atoms with Gasteiger partial charge in [-0.15, -0.1) is 0 Å². The first-order chi connectivity index (χ1) is 7.06. The van der Waals surface area contributed by atoms with Crippen molar-refractivity contribution < 1.29 is 18.0 Å². The van der Waals surface area contributed by atoms with E-state index in [2.05, 4.69) is 15.9 Å². The molecule has 0 heterocycles. The number of halogens is 4. The Hall–Kier alpha value is -1.04. The molecule has 0 fully saturated rings. The van der Waals surface area contributed by atoms with E-state index in [0.29, 0.717) is 0 Å². The van der Waals surface area contributed by atoms with E-state index < -0.39 is 29.8 Å². The van der Waals surface area contributed by atoms with E-state index >= 15 is 0 Å². The summed E-state index contributed by atoms with van der Waals surface area (Å²) in [6.07, 6.45) is 0. The summed E-state index contributed by atoms with van der Waals surface area (Å²) in [6.45, 7) is -1.06. The molecule has 0 radical (unpaired) electrons. The maximum Gasteiger partial charge on any atom is 0.257 e. The van der Waals surface area contributed by atoms with Gasteiger partial charge in [0.1, 0.15) is 23.9 Å². The lowest BCUT2D eigenvalue weighted by Gasteiger charge is -2.05. The minimum absolute atomic E-state index is 0.194. The van der Waals surface area contributed by atoms with Crippen LogP contribution in [-0.4, -0.2) is 19.1 Å². The van der Waals surface area contributed by atoms with Crippen molar-refractivity contribution >= 4 is 21.8 Å². The molecule has 0 aliphatic carbocycles. The lowest BCUT2D eigenvalue weighted by molar-refractivity contribution is 0.0942. The van der Waals surface area contributed by atoms with Gasteiger partial charge in [-0.05, 0) is 12.1 Å². The van der Waals surface area contributed by atoms with Gasteiger partial charge in [-0.2, -0.15) is 0 Å². The first-order valence-electron chi connectivity index (χ1n) is 4.05. The molecule has 0 unspecified atom stereocenters. The molecule has 2 nitrogen and oxygen atoms in total. The van der Waals surface area contributed by atoms with E-state index in [1.54, 1.807) is 0 Å². The maximum atomic E-state index is 13.2. The number of rotatable bonds is 3. The topological polar surface area (TPSA) is 29.1 Å². The first kappa shape index (κ1) is 12.0. The highest BCUT2D eigenvalue weighted by molar-refractivity contribution is 9.10. The summed E-state index contributed by atoms with van der Waals surface area (Å²) in [4.78, 5) is 11.2. The van der Waals surface area contributed by atoms with Gasteiger partial charge in [0.25, 0.3) is 5.91 Å². The van der Waals surface area contributed by atoms with Gasteiger partial charge in [0.15, 0.2) is 0 Å². The van der Waals surface area contributed by atoms with Crippen molar-refractivity contribution in [3.05, 3.63) is 33.8 Å². The molecule has 82 valence electrons. The zero-order valence-corrected chi connectivity index (χ0v) is 9.08. The molecule has 0 saturated heterocycles. The highest BCUT2D eigenvalue weighted by Crippen LogP contribution is 2.19. The van der Waals surface area contributed by atoms with E-state index in [0.717, 1.165) is 12.1 Å². The molecule has 0 spiro atoms. The standard InChI is InChI=1S/C9H7BrF3NO/c10-5-3-6(12)8(7(13)4-5)9(15)14-2-1-11/h3-4H,1-2H2,(H,14,15). The van der Waals surface area contributed by atoms with Gasteiger partial charge in [0, 0.05) is 11.0 Å². The molecule has 0 saturated carbocycles. The Bertz CT molecular complexity index is 361. The van der Waals surface area contributed by atoms with Crippen LogP contribution in [0.3, 0.4) is 0 Å². The van der Waals surface area contributed by atoms with Gasteiger partial charge in [0.05, 0.1) is 0 Å². The predicted molar refractivity (Wildman–Crippen MR) is 52.4 cm³/mol. The molecule has 1 rings (SSSR count). The summed E-state index contributed by atoms with van der Waals surface area (Å²) in [7, 11) is 0. The monoisotopic (exact) mass is 281 g/mol. The van der Waals surface area contributed by atoms with E-state index in [1.165, 1.54) is 0 Å². The lowest BCUT2D eigenvalue weighted by Crippen LogP contribution is -2.27. The molecule has 15 heavy (non-hydrogen) atoms. The Labute approximate surface area is 92.6 Å². The molecule has 1 aromatic rings. The highest BCUT2D eigenvalue weighted by Gasteiger charge is 2.17. The Balaban J connectivity index is 2.98. The molecule has 0 aliphatic heterocycles. The average molecular weight is 282 g/mol. The van der Waals surface area contributed by atoms with Crippen LogP contribution in [0.1, 0.15) is 10.4 Å². The summed E-state index contributed by atoms with van der Waals surface area (Å²) in [5.74, 6) is -2.94. The number of carbonyl (C=O) groups is 1. The quantitative estimate of drug-likeness (QED) is 0.906. The molecule has 6 heteroatoms. The smallest absolute Gasteiger partial charge is 0.257 e. The molecular weight excluding hydrogens is 275 g/mol. The summed E-state index contributed by atoms with van der Waals surface area (Å²) >= 11 is 2.88. The molecule has 1 N–H and O–H groups in total. The number of alkyl halides is 1. The fourth-order valence-electron chi connectivity index (χ4n) is 1.01. The SMILES string of the molecule is O=C(NCCF)c1c(F)cc(Br)cc1F. The largest absolute Gasteiger partial charge is 0.349 e. The van der Waals surface area contributed by atoms with Crippen molar-refractivity contribution in [1.82, 2.24) is 5.32 Å². The van der Waals surface area contributed by atoms with Crippen LogP contribution in [-0.2, 0) is 0 Å². The Kier molecular flexibility index (Phi) is 4.14. The first-order valence-corrected chi connectivity index (χ1v) is 4.84. The highest BCUT2D eigenvalue weighted by atomic mass is 79.9. The van der Waals surface area contributed by atoms with Crippen LogP contribution < -0.4 is 5.32 Å². The van der Waals surface area contributed by atoms with Crippen molar-refractivity contribution in [2.45, 2.75) is 0 Å². The fraction of sp³-hybridized carbons (Fsp3) is 0.222.